The first-order valence-corrected chi connectivity index (χ1v) is 5.30. The minimum Gasteiger partial charge on any atom is -0.290 e. The fourth-order valence-electron chi connectivity index (χ4n) is 3.02. The summed E-state index contributed by atoms with van der Waals surface area (Å²) in [6.45, 7) is 1.80. The minimum atomic E-state index is -1.34. The lowest BCUT2D eigenvalue weighted by molar-refractivity contribution is -0.586. The zero-order chi connectivity index (χ0) is 12.0. The topological polar surface area (TPSA) is 96.0 Å². The van der Waals surface area contributed by atoms with E-state index in [9.17, 15) is 14.9 Å². The molecule has 0 radical (unpaired) electrons. The van der Waals surface area contributed by atoms with Crippen molar-refractivity contribution in [1.82, 2.24) is 5.32 Å². The predicted molar refractivity (Wildman–Crippen MR) is 53.5 cm³/mol. The third-order valence-corrected chi connectivity index (χ3v) is 3.83. The summed E-state index contributed by atoms with van der Waals surface area (Å²) in [5, 5.41) is 22.5. The van der Waals surface area contributed by atoms with Crippen LogP contribution in [-0.4, -0.2) is 16.5 Å². The summed E-state index contributed by atoms with van der Waals surface area (Å²) < 4.78 is 0. The van der Waals surface area contributed by atoms with Gasteiger partial charge in [-0.3, -0.25) is 20.2 Å². The molecule has 1 aliphatic heterocycles. The van der Waals surface area contributed by atoms with Crippen LogP contribution in [0.15, 0.2) is 0 Å². The predicted octanol–water partition coefficient (Wildman–Crippen LogP) is 0.809. The fraction of sp³-hybridized carbons (Fsp3) is 0.800. The van der Waals surface area contributed by atoms with Crippen molar-refractivity contribution in [2.45, 2.75) is 38.3 Å². The highest BCUT2D eigenvalue weighted by Crippen LogP contribution is 2.49. The Hall–Kier alpha value is -1.64. The van der Waals surface area contributed by atoms with E-state index in [-0.39, 0.29) is 6.42 Å². The highest BCUT2D eigenvalue weighted by atomic mass is 16.6. The molecule has 1 saturated carbocycles. The largest absolute Gasteiger partial charge is 0.296 e. The molecule has 1 aliphatic carbocycles. The van der Waals surface area contributed by atoms with Gasteiger partial charge in [-0.05, 0) is 12.8 Å². The van der Waals surface area contributed by atoms with Crippen molar-refractivity contribution >= 4 is 5.91 Å². The van der Waals surface area contributed by atoms with E-state index in [1.54, 1.807) is 6.92 Å². The molecule has 0 aromatic heterocycles. The second kappa shape index (κ2) is 3.17. The van der Waals surface area contributed by atoms with Crippen LogP contribution in [0.1, 0.15) is 32.6 Å². The van der Waals surface area contributed by atoms with E-state index in [1.807, 2.05) is 6.07 Å². The van der Waals surface area contributed by atoms with Crippen LogP contribution in [0.4, 0.5) is 0 Å². The quantitative estimate of drug-likeness (QED) is 0.525. The Morgan fingerprint density at radius 1 is 1.62 bits per heavy atom. The molecular formula is C10H13N3O3. The van der Waals surface area contributed by atoms with Gasteiger partial charge in [0.15, 0.2) is 0 Å². The molecule has 3 atom stereocenters. The Bertz CT molecular complexity index is 403. The second-order valence-corrected chi connectivity index (χ2v) is 5.02. The van der Waals surface area contributed by atoms with Gasteiger partial charge >= 0.3 is 0 Å². The summed E-state index contributed by atoms with van der Waals surface area (Å²) in [7, 11) is 0. The Balaban J connectivity index is 2.42. The van der Waals surface area contributed by atoms with Crippen LogP contribution in [0.25, 0.3) is 0 Å². The van der Waals surface area contributed by atoms with Gasteiger partial charge in [-0.15, -0.1) is 0 Å². The minimum absolute atomic E-state index is 0.261. The number of nitro groups is 1. The van der Waals surface area contributed by atoms with E-state index in [0.717, 1.165) is 0 Å². The molecule has 0 unspecified atom stereocenters. The van der Waals surface area contributed by atoms with Crippen molar-refractivity contribution in [3.05, 3.63) is 10.1 Å². The second-order valence-electron chi connectivity index (χ2n) is 5.02. The van der Waals surface area contributed by atoms with E-state index in [1.165, 1.54) is 0 Å². The number of nitrogens with zero attached hydrogens (tertiary/aromatic N) is 2. The van der Waals surface area contributed by atoms with Crippen LogP contribution in [0.5, 0.6) is 0 Å². The lowest BCUT2D eigenvalue weighted by Gasteiger charge is -2.47. The van der Waals surface area contributed by atoms with Crippen LogP contribution in [0, 0.1) is 32.8 Å². The number of nitriles is 1. The van der Waals surface area contributed by atoms with E-state index in [4.69, 9.17) is 5.26 Å². The highest BCUT2D eigenvalue weighted by Gasteiger charge is 2.60. The van der Waals surface area contributed by atoms with Gasteiger partial charge in [0.05, 0.1) is 6.07 Å². The molecule has 1 heterocycles. The lowest BCUT2D eigenvalue weighted by atomic mass is 9.61. The van der Waals surface area contributed by atoms with Crippen molar-refractivity contribution in [2.75, 3.05) is 0 Å². The number of nitrogens with one attached hydrogen (secondary N) is 1. The zero-order valence-electron chi connectivity index (χ0n) is 9.02. The van der Waals surface area contributed by atoms with Gasteiger partial charge in [-0.25, -0.2) is 0 Å². The van der Waals surface area contributed by atoms with Crippen molar-refractivity contribution < 1.29 is 9.72 Å². The van der Waals surface area contributed by atoms with Crippen molar-refractivity contribution in [3.8, 4) is 6.07 Å². The van der Waals surface area contributed by atoms with Gasteiger partial charge < -0.3 is 0 Å². The van der Waals surface area contributed by atoms with Gasteiger partial charge in [-0.1, -0.05) is 6.92 Å². The first-order chi connectivity index (χ1) is 7.43. The van der Waals surface area contributed by atoms with Crippen LogP contribution in [0.3, 0.4) is 0 Å². The molecule has 6 heteroatoms. The molecular weight excluding hydrogens is 210 g/mol. The van der Waals surface area contributed by atoms with Crippen LogP contribution in [0.2, 0.25) is 0 Å². The average Bonchev–Trinajstić information content (AvgIpc) is 2.16. The lowest BCUT2D eigenvalue weighted by Crippen LogP contribution is -2.66. The smallest absolute Gasteiger partial charge is 0.290 e. The van der Waals surface area contributed by atoms with E-state index >= 15 is 0 Å². The molecule has 6 nitrogen and oxygen atoms in total. The van der Waals surface area contributed by atoms with Gasteiger partial charge in [0.2, 0.25) is 5.91 Å². The molecule has 1 saturated heterocycles. The summed E-state index contributed by atoms with van der Waals surface area (Å²) in [6, 6.07) is 1.97. The van der Waals surface area contributed by atoms with Crippen LogP contribution >= 0.6 is 0 Å². The molecule has 86 valence electrons. The number of rotatable bonds is 1. The van der Waals surface area contributed by atoms with Gasteiger partial charge in [0.25, 0.3) is 5.66 Å². The molecule has 0 spiro atoms. The van der Waals surface area contributed by atoms with Crippen LogP contribution < -0.4 is 5.32 Å². The Morgan fingerprint density at radius 3 is 2.88 bits per heavy atom. The Kier molecular flexibility index (Phi) is 2.15. The van der Waals surface area contributed by atoms with Gasteiger partial charge in [0, 0.05) is 23.2 Å². The van der Waals surface area contributed by atoms with E-state index < -0.39 is 27.8 Å². The maximum Gasteiger partial charge on any atom is 0.296 e. The molecule has 16 heavy (non-hydrogen) atoms. The van der Waals surface area contributed by atoms with E-state index in [0.29, 0.717) is 19.3 Å². The number of fused-ring (bicyclic) bond motifs is 2. The van der Waals surface area contributed by atoms with Gasteiger partial charge in [-0.2, -0.15) is 5.26 Å². The molecule has 2 fully saturated rings. The standard InChI is InChI=1S/C10H13N3O3/c1-9-3-2-4-10(6-9,13(15)16)12-8(14)7(9)5-11/h7H,2-4,6H2,1H3,(H,12,14)/t7-,9+,10-/m0/s1. The van der Waals surface area contributed by atoms with Crippen molar-refractivity contribution in [1.29, 1.82) is 5.26 Å². The number of hydrogen-bond acceptors (Lipinski definition) is 4. The fourth-order valence-corrected chi connectivity index (χ4v) is 3.02. The summed E-state index contributed by atoms with van der Waals surface area (Å²) in [5.41, 5.74) is -1.89. The number of carbonyl (C=O) groups is 1. The highest BCUT2D eigenvalue weighted by molar-refractivity contribution is 5.83. The maximum absolute atomic E-state index is 11.7. The first-order valence-electron chi connectivity index (χ1n) is 5.30. The summed E-state index contributed by atoms with van der Waals surface area (Å²) in [4.78, 5) is 22.4. The zero-order valence-corrected chi connectivity index (χ0v) is 9.02. The molecule has 2 bridgehead atoms. The summed E-state index contributed by atoms with van der Waals surface area (Å²) >= 11 is 0. The Morgan fingerprint density at radius 2 is 2.31 bits per heavy atom. The summed E-state index contributed by atoms with van der Waals surface area (Å²) in [5.74, 6) is -1.26. The number of hydrogen-bond donors (Lipinski definition) is 1. The van der Waals surface area contributed by atoms with Crippen molar-refractivity contribution in [3.63, 3.8) is 0 Å². The molecule has 2 rings (SSSR count). The molecule has 0 aromatic rings. The van der Waals surface area contributed by atoms with Crippen molar-refractivity contribution in [2.24, 2.45) is 11.3 Å². The SMILES string of the molecule is C[C@@]12CCC[C@]([N+](=O)[O-])(C1)NC(=O)[C@@H]2C#N. The Labute approximate surface area is 92.8 Å². The molecule has 1 N–H and O–H groups in total. The summed E-state index contributed by atoms with van der Waals surface area (Å²) in [6.07, 6.45) is 2.00. The molecule has 2 aliphatic rings. The molecule has 0 aromatic carbocycles. The number of carbonyl (C=O) groups excluding carboxylic acids is 1. The third kappa shape index (κ3) is 1.28. The first kappa shape index (κ1) is 10.9. The number of amides is 1. The number of piperidine rings is 1. The monoisotopic (exact) mass is 223 g/mol. The van der Waals surface area contributed by atoms with Crippen LogP contribution in [-0.2, 0) is 4.79 Å². The maximum atomic E-state index is 11.7. The average molecular weight is 223 g/mol. The molecule has 1 amide bonds. The van der Waals surface area contributed by atoms with E-state index in [2.05, 4.69) is 5.32 Å². The van der Waals surface area contributed by atoms with Gasteiger partial charge in [0.1, 0.15) is 5.92 Å². The third-order valence-electron chi connectivity index (χ3n) is 3.83. The normalized spacial score (nSPS) is 42.0.